The SMILES string of the molecule is COc1ccc(C(=O)c2c(O)c(O)n(CCN3CCOCC3)c2-c2ccc(N(C)C)cc2)cc1. The maximum absolute atomic E-state index is 13.5. The van der Waals surface area contributed by atoms with Gasteiger partial charge in [0.1, 0.15) is 5.75 Å². The molecule has 0 spiro atoms. The normalized spacial score (nSPS) is 14.2. The molecule has 0 saturated carbocycles. The molecule has 2 N–H and O–H groups in total. The number of aromatic hydroxyl groups is 2. The molecule has 1 fully saturated rings. The summed E-state index contributed by atoms with van der Waals surface area (Å²) in [5.41, 5.74) is 2.72. The topological polar surface area (TPSA) is 87.4 Å². The second-order valence-corrected chi connectivity index (χ2v) is 8.50. The van der Waals surface area contributed by atoms with Gasteiger partial charge in [-0.2, -0.15) is 0 Å². The van der Waals surface area contributed by atoms with E-state index in [1.165, 1.54) is 0 Å². The average Bonchev–Trinajstić information content (AvgIpc) is 3.12. The molecule has 2 heterocycles. The van der Waals surface area contributed by atoms with Crippen LogP contribution in [0.3, 0.4) is 0 Å². The summed E-state index contributed by atoms with van der Waals surface area (Å²) < 4.78 is 12.2. The van der Waals surface area contributed by atoms with Crippen LogP contribution in [0.15, 0.2) is 48.5 Å². The number of anilines is 1. The molecule has 8 heteroatoms. The van der Waals surface area contributed by atoms with Crippen LogP contribution in [0.5, 0.6) is 17.4 Å². The Balaban J connectivity index is 1.77. The number of methoxy groups -OCH3 is 1. The summed E-state index contributed by atoms with van der Waals surface area (Å²) in [6, 6.07) is 14.4. The van der Waals surface area contributed by atoms with E-state index < -0.39 is 5.75 Å². The van der Waals surface area contributed by atoms with Crippen molar-refractivity contribution in [1.82, 2.24) is 9.47 Å². The van der Waals surface area contributed by atoms with Crippen LogP contribution in [-0.4, -0.2) is 79.5 Å². The first kappa shape index (κ1) is 23.7. The molecule has 8 nitrogen and oxygen atoms in total. The standard InChI is InChI=1S/C26H31N3O5/c1-27(2)20-8-4-18(5-9-20)23-22(24(30)19-6-10-21(33-3)11-7-19)25(31)26(32)29(23)13-12-28-14-16-34-17-15-28/h4-11,31-32H,12-17H2,1-3H3. The summed E-state index contributed by atoms with van der Waals surface area (Å²) in [7, 11) is 5.47. The number of carbonyl (C=O) groups is 1. The van der Waals surface area contributed by atoms with Gasteiger partial charge in [-0.1, -0.05) is 12.1 Å². The number of carbonyl (C=O) groups excluding carboxylic acids is 1. The summed E-state index contributed by atoms with van der Waals surface area (Å²) in [6.07, 6.45) is 0. The highest BCUT2D eigenvalue weighted by Crippen LogP contribution is 2.42. The fourth-order valence-electron chi connectivity index (χ4n) is 4.20. The van der Waals surface area contributed by atoms with E-state index in [1.54, 1.807) is 35.9 Å². The molecule has 0 bridgehead atoms. The van der Waals surface area contributed by atoms with Gasteiger partial charge in [0.05, 0.1) is 31.6 Å². The minimum atomic E-state index is -0.408. The van der Waals surface area contributed by atoms with Crippen molar-refractivity contribution >= 4 is 11.5 Å². The van der Waals surface area contributed by atoms with Crippen LogP contribution < -0.4 is 9.64 Å². The lowest BCUT2D eigenvalue weighted by Crippen LogP contribution is -2.38. The predicted octanol–water partition coefficient (Wildman–Crippen LogP) is 3.20. The van der Waals surface area contributed by atoms with Gasteiger partial charge in [0.15, 0.2) is 11.5 Å². The number of nitrogens with zero attached hydrogens (tertiary/aromatic N) is 3. The van der Waals surface area contributed by atoms with E-state index in [1.807, 2.05) is 43.3 Å². The molecule has 4 rings (SSSR count). The van der Waals surface area contributed by atoms with Gasteiger partial charge < -0.3 is 29.2 Å². The Bertz CT molecular complexity index is 1130. The number of morpholine rings is 1. The Morgan fingerprint density at radius 2 is 1.65 bits per heavy atom. The maximum Gasteiger partial charge on any atom is 0.235 e. The van der Waals surface area contributed by atoms with E-state index in [9.17, 15) is 15.0 Å². The molecule has 180 valence electrons. The second-order valence-electron chi connectivity index (χ2n) is 8.50. The smallest absolute Gasteiger partial charge is 0.235 e. The number of benzene rings is 2. The molecule has 0 radical (unpaired) electrons. The van der Waals surface area contributed by atoms with Gasteiger partial charge in [0, 0.05) is 51.5 Å². The van der Waals surface area contributed by atoms with Crippen molar-refractivity contribution in [1.29, 1.82) is 0 Å². The van der Waals surface area contributed by atoms with Crippen molar-refractivity contribution in [3.63, 3.8) is 0 Å². The summed E-state index contributed by atoms with van der Waals surface area (Å²) in [6.45, 7) is 4.02. The van der Waals surface area contributed by atoms with Crippen molar-refractivity contribution in [2.75, 3.05) is 59.0 Å². The van der Waals surface area contributed by atoms with Gasteiger partial charge in [-0.3, -0.25) is 9.69 Å². The monoisotopic (exact) mass is 465 g/mol. The number of hydrogen-bond acceptors (Lipinski definition) is 7. The molecular formula is C26H31N3O5. The van der Waals surface area contributed by atoms with Gasteiger partial charge in [0.2, 0.25) is 5.88 Å². The van der Waals surface area contributed by atoms with Gasteiger partial charge in [-0.15, -0.1) is 0 Å². The van der Waals surface area contributed by atoms with Crippen molar-refractivity contribution < 1.29 is 24.5 Å². The van der Waals surface area contributed by atoms with Gasteiger partial charge >= 0.3 is 0 Å². The average molecular weight is 466 g/mol. The highest BCUT2D eigenvalue weighted by atomic mass is 16.5. The Hall–Kier alpha value is -3.49. The van der Waals surface area contributed by atoms with Crippen LogP contribution in [0.2, 0.25) is 0 Å². The first-order valence-electron chi connectivity index (χ1n) is 11.3. The number of ether oxygens (including phenoxy) is 2. The molecule has 1 aliphatic rings. The summed E-state index contributed by atoms with van der Waals surface area (Å²) in [4.78, 5) is 17.8. The number of rotatable bonds is 8. The minimum Gasteiger partial charge on any atom is -0.503 e. The van der Waals surface area contributed by atoms with E-state index >= 15 is 0 Å². The first-order chi connectivity index (χ1) is 16.4. The van der Waals surface area contributed by atoms with E-state index in [0.29, 0.717) is 43.3 Å². The fraction of sp³-hybridized carbons (Fsp3) is 0.346. The molecule has 0 atom stereocenters. The van der Waals surface area contributed by atoms with E-state index in [2.05, 4.69) is 4.90 Å². The summed E-state index contributed by atoms with van der Waals surface area (Å²) >= 11 is 0. The minimum absolute atomic E-state index is 0.0854. The van der Waals surface area contributed by atoms with Crippen molar-refractivity contribution in [2.45, 2.75) is 6.54 Å². The number of hydrogen-bond donors (Lipinski definition) is 2. The lowest BCUT2D eigenvalue weighted by Gasteiger charge is -2.27. The van der Waals surface area contributed by atoms with Crippen LogP contribution in [0.1, 0.15) is 15.9 Å². The molecule has 1 saturated heterocycles. The molecule has 1 aliphatic heterocycles. The molecule has 2 aromatic carbocycles. The Labute approximate surface area is 199 Å². The highest BCUT2D eigenvalue weighted by molar-refractivity contribution is 6.15. The van der Waals surface area contributed by atoms with E-state index in [-0.39, 0.29) is 17.2 Å². The molecule has 0 amide bonds. The zero-order valence-corrected chi connectivity index (χ0v) is 19.8. The third-order valence-electron chi connectivity index (χ3n) is 6.19. The number of ketones is 1. The van der Waals surface area contributed by atoms with Gasteiger partial charge in [-0.05, 0) is 42.0 Å². The van der Waals surface area contributed by atoms with Crippen molar-refractivity contribution in [3.05, 3.63) is 59.7 Å². The Morgan fingerprint density at radius 3 is 2.24 bits per heavy atom. The highest BCUT2D eigenvalue weighted by Gasteiger charge is 2.29. The molecule has 0 unspecified atom stereocenters. The summed E-state index contributed by atoms with van der Waals surface area (Å²) in [5, 5.41) is 21.8. The lowest BCUT2D eigenvalue weighted by molar-refractivity contribution is 0.0362. The largest absolute Gasteiger partial charge is 0.503 e. The maximum atomic E-state index is 13.5. The van der Waals surface area contributed by atoms with Crippen LogP contribution in [0, 0.1) is 0 Å². The lowest BCUT2D eigenvalue weighted by atomic mass is 9.99. The molecule has 34 heavy (non-hydrogen) atoms. The van der Waals surface area contributed by atoms with Gasteiger partial charge in [0.25, 0.3) is 0 Å². The van der Waals surface area contributed by atoms with E-state index in [0.717, 1.165) is 24.3 Å². The van der Waals surface area contributed by atoms with Crippen LogP contribution in [-0.2, 0) is 11.3 Å². The van der Waals surface area contributed by atoms with Gasteiger partial charge in [-0.25, -0.2) is 0 Å². The Kier molecular flexibility index (Phi) is 7.09. The third kappa shape index (κ3) is 4.73. The summed E-state index contributed by atoms with van der Waals surface area (Å²) in [5.74, 6) is -0.454. The zero-order chi connectivity index (χ0) is 24.2. The first-order valence-corrected chi connectivity index (χ1v) is 11.3. The number of aromatic nitrogens is 1. The van der Waals surface area contributed by atoms with Crippen molar-refractivity contribution in [2.24, 2.45) is 0 Å². The quantitative estimate of drug-likeness (QED) is 0.494. The molecule has 1 aromatic heterocycles. The van der Waals surface area contributed by atoms with Crippen LogP contribution in [0.4, 0.5) is 5.69 Å². The second kappa shape index (κ2) is 10.2. The van der Waals surface area contributed by atoms with Crippen LogP contribution in [0.25, 0.3) is 11.3 Å². The van der Waals surface area contributed by atoms with Crippen LogP contribution >= 0.6 is 0 Å². The molecule has 3 aromatic rings. The molecular weight excluding hydrogens is 434 g/mol. The fourth-order valence-corrected chi connectivity index (χ4v) is 4.20. The molecule has 0 aliphatic carbocycles. The zero-order valence-electron chi connectivity index (χ0n) is 19.8. The predicted molar refractivity (Wildman–Crippen MR) is 131 cm³/mol. The third-order valence-corrected chi connectivity index (χ3v) is 6.19. The van der Waals surface area contributed by atoms with E-state index in [4.69, 9.17) is 9.47 Å². The Morgan fingerprint density at radius 1 is 1.00 bits per heavy atom. The van der Waals surface area contributed by atoms with Crippen molar-refractivity contribution in [3.8, 4) is 28.6 Å².